The van der Waals surface area contributed by atoms with Crippen molar-refractivity contribution in [1.29, 1.82) is 0 Å². The molecule has 1 N–H and O–H groups in total. The lowest BCUT2D eigenvalue weighted by atomic mass is 10.0. The van der Waals surface area contributed by atoms with Gasteiger partial charge in [0.1, 0.15) is 0 Å². The normalized spacial score (nSPS) is 19.6. The van der Waals surface area contributed by atoms with Gasteiger partial charge in [0.05, 0.1) is 0 Å². The largest absolute Gasteiger partial charge is 0.311 e. The fraction of sp³-hybridized carbons (Fsp3) is 0.368. The lowest BCUT2D eigenvalue weighted by Gasteiger charge is -2.34. The van der Waals surface area contributed by atoms with Crippen molar-refractivity contribution in [2.75, 3.05) is 19.6 Å². The maximum Gasteiger partial charge on any atom is 0.0236 e. The van der Waals surface area contributed by atoms with E-state index in [1.54, 1.807) is 0 Å². The van der Waals surface area contributed by atoms with Crippen LogP contribution in [-0.2, 0) is 13.0 Å². The van der Waals surface area contributed by atoms with Crippen molar-refractivity contribution in [3.05, 3.63) is 71.3 Å². The van der Waals surface area contributed by atoms with Crippen LogP contribution in [0.15, 0.2) is 54.6 Å². The van der Waals surface area contributed by atoms with E-state index in [-0.39, 0.29) is 0 Å². The van der Waals surface area contributed by atoms with Crippen LogP contribution in [0, 0.1) is 6.92 Å². The summed E-state index contributed by atoms with van der Waals surface area (Å²) in [4.78, 5) is 2.56. The smallest absolute Gasteiger partial charge is 0.0236 e. The zero-order valence-corrected chi connectivity index (χ0v) is 12.8. The Labute approximate surface area is 127 Å². The molecule has 0 bridgehead atoms. The highest BCUT2D eigenvalue weighted by Crippen LogP contribution is 2.11. The Balaban J connectivity index is 1.57. The maximum atomic E-state index is 3.65. The average Bonchev–Trinajstić information content (AvgIpc) is 2.51. The Morgan fingerprint density at radius 2 is 1.76 bits per heavy atom. The molecule has 0 spiro atoms. The van der Waals surface area contributed by atoms with E-state index in [4.69, 9.17) is 0 Å². The zero-order chi connectivity index (χ0) is 14.5. The van der Waals surface area contributed by atoms with Crippen molar-refractivity contribution >= 4 is 0 Å². The van der Waals surface area contributed by atoms with Crippen LogP contribution in [-0.4, -0.2) is 30.6 Å². The quantitative estimate of drug-likeness (QED) is 0.926. The van der Waals surface area contributed by atoms with E-state index in [0.29, 0.717) is 6.04 Å². The van der Waals surface area contributed by atoms with Crippen molar-refractivity contribution < 1.29 is 0 Å². The second-order valence-electron chi connectivity index (χ2n) is 6.06. The molecule has 0 aromatic heterocycles. The molecule has 1 fully saturated rings. The van der Waals surface area contributed by atoms with E-state index in [1.165, 1.54) is 16.7 Å². The van der Waals surface area contributed by atoms with E-state index in [0.717, 1.165) is 32.6 Å². The summed E-state index contributed by atoms with van der Waals surface area (Å²) in [7, 11) is 0. The molecule has 1 aliphatic heterocycles. The number of nitrogens with one attached hydrogen (secondary N) is 1. The molecule has 0 radical (unpaired) electrons. The van der Waals surface area contributed by atoms with E-state index in [2.05, 4.69) is 71.7 Å². The minimum absolute atomic E-state index is 0.562. The Morgan fingerprint density at radius 1 is 1.00 bits per heavy atom. The summed E-state index contributed by atoms with van der Waals surface area (Å²) in [5.74, 6) is 0. The van der Waals surface area contributed by atoms with Crippen LogP contribution in [0.3, 0.4) is 0 Å². The van der Waals surface area contributed by atoms with Gasteiger partial charge in [0.25, 0.3) is 0 Å². The van der Waals surface area contributed by atoms with Gasteiger partial charge in [-0.05, 0) is 24.5 Å². The molecule has 0 saturated carbocycles. The predicted molar refractivity (Wildman–Crippen MR) is 88.4 cm³/mol. The van der Waals surface area contributed by atoms with Crippen molar-refractivity contribution in [1.82, 2.24) is 10.2 Å². The third-order valence-electron chi connectivity index (χ3n) is 4.19. The van der Waals surface area contributed by atoms with Gasteiger partial charge >= 0.3 is 0 Å². The van der Waals surface area contributed by atoms with Gasteiger partial charge in [-0.15, -0.1) is 0 Å². The first-order chi connectivity index (χ1) is 10.3. The molecule has 1 heterocycles. The molecule has 1 unspecified atom stereocenters. The van der Waals surface area contributed by atoms with Crippen molar-refractivity contribution in [2.24, 2.45) is 0 Å². The van der Waals surface area contributed by atoms with Gasteiger partial charge in [0.2, 0.25) is 0 Å². The number of rotatable bonds is 4. The Bertz CT molecular complexity index is 548. The lowest BCUT2D eigenvalue weighted by molar-refractivity contribution is 0.192. The number of aryl methyl sites for hydroxylation is 1. The molecule has 1 aliphatic rings. The summed E-state index contributed by atoms with van der Waals surface area (Å²) in [6.45, 7) is 6.56. The fourth-order valence-electron chi connectivity index (χ4n) is 3.02. The first-order valence-corrected chi connectivity index (χ1v) is 7.85. The Kier molecular flexibility index (Phi) is 4.69. The minimum Gasteiger partial charge on any atom is -0.311 e. The Hall–Kier alpha value is -1.64. The minimum atomic E-state index is 0.562. The van der Waals surface area contributed by atoms with Crippen LogP contribution in [0.2, 0.25) is 0 Å². The first kappa shape index (κ1) is 14.3. The van der Waals surface area contributed by atoms with Crippen molar-refractivity contribution in [3.63, 3.8) is 0 Å². The topological polar surface area (TPSA) is 15.3 Å². The molecule has 2 heteroatoms. The average molecular weight is 280 g/mol. The van der Waals surface area contributed by atoms with Crippen LogP contribution in [0.5, 0.6) is 0 Å². The second-order valence-corrected chi connectivity index (χ2v) is 6.06. The molecular formula is C19H24N2. The summed E-state index contributed by atoms with van der Waals surface area (Å²) in [6.07, 6.45) is 1.12. The lowest BCUT2D eigenvalue weighted by Crippen LogP contribution is -2.51. The summed E-state index contributed by atoms with van der Waals surface area (Å²) in [5, 5.41) is 3.65. The van der Waals surface area contributed by atoms with Crippen molar-refractivity contribution in [3.8, 4) is 0 Å². The number of hydrogen-bond donors (Lipinski definition) is 1. The van der Waals surface area contributed by atoms with E-state index >= 15 is 0 Å². The molecule has 2 aromatic carbocycles. The number of nitrogens with zero attached hydrogens (tertiary/aromatic N) is 1. The van der Waals surface area contributed by atoms with Gasteiger partial charge in [-0.1, -0.05) is 60.2 Å². The van der Waals surface area contributed by atoms with Gasteiger partial charge in [-0.3, -0.25) is 4.90 Å². The molecule has 0 aliphatic carbocycles. The molecule has 2 nitrogen and oxygen atoms in total. The summed E-state index contributed by atoms with van der Waals surface area (Å²) in [5.41, 5.74) is 4.18. The van der Waals surface area contributed by atoms with Gasteiger partial charge in [-0.25, -0.2) is 0 Å². The molecular weight excluding hydrogens is 256 g/mol. The predicted octanol–water partition coefficient (Wildman–Crippen LogP) is 3.01. The molecule has 1 atom stereocenters. The standard InChI is InChI=1S/C19H24N2/c1-16-7-9-18(10-8-16)14-21-12-11-20-19(15-21)13-17-5-3-2-4-6-17/h2-10,19-20H,11-15H2,1H3. The van der Waals surface area contributed by atoms with Gasteiger partial charge in [-0.2, -0.15) is 0 Å². The summed E-state index contributed by atoms with van der Waals surface area (Å²) < 4.78 is 0. The molecule has 0 amide bonds. The second kappa shape index (κ2) is 6.88. The van der Waals surface area contributed by atoms with E-state index in [1.807, 2.05) is 0 Å². The molecule has 2 aromatic rings. The fourth-order valence-corrected chi connectivity index (χ4v) is 3.02. The highest BCUT2D eigenvalue weighted by molar-refractivity contribution is 5.21. The monoisotopic (exact) mass is 280 g/mol. The Morgan fingerprint density at radius 3 is 2.52 bits per heavy atom. The van der Waals surface area contributed by atoms with E-state index < -0.39 is 0 Å². The van der Waals surface area contributed by atoms with Crippen molar-refractivity contribution in [2.45, 2.75) is 25.9 Å². The first-order valence-electron chi connectivity index (χ1n) is 7.85. The van der Waals surface area contributed by atoms with Gasteiger partial charge in [0.15, 0.2) is 0 Å². The third kappa shape index (κ3) is 4.16. The summed E-state index contributed by atoms with van der Waals surface area (Å²) in [6, 6.07) is 20.3. The maximum absolute atomic E-state index is 3.65. The van der Waals surface area contributed by atoms with Gasteiger partial charge < -0.3 is 5.32 Å². The molecule has 3 rings (SSSR count). The highest BCUT2D eigenvalue weighted by atomic mass is 15.2. The number of piperazine rings is 1. The van der Waals surface area contributed by atoms with E-state index in [9.17, 15) is 0 Å². The molecule has 1 saturated heterocycles. The van der Waals surface area contributed by atoms with Gasteiger partial charge in [0, 0.05) is 32.2 Å². The van der Waals surface area contributed by atoms with Crippen LogP contribution in [0.1, 0.15) is 16.7 Å². The van der Waals surface area contributed by atoms with Crippen LogP contribution in [0.25, 0.3) is 0 Å². The highest BCUT2D eigenvalue weighted by Gasteiger charge is 2.19. The zero-order valence-electron chi connectivity index (χ0n) is 12.8. The van der Waals surface area contributed by atoms with Crippen LogP contribution >= 0.6 is 0 Å². The van der Waals surface area contributed by atoms with Crippen LogP contribution < -0.4 is 5.32 Å². The third-order valence-corrected chi connectivity index (χ3v) is 4.19. The molecule has 21 heavy (non-hydrogen) atoms. The number of benzene rings is 2. The number of hydrogen-bond acceptors (Lipinski definition) is 2. The summed E-state index contributed by atoms with van der Waals surface area (Å²) >= 11 is 0. The molecule has 110 valence electrons. The van der Waals surface area contributed by atoms with Crippen LogP contribution in [0.4, 0.5) is 0 Å². The SMILES string of the molecule is Cc1ccc(CN2CCNC(Cc3ccccc3)C2)cc1.